The van der Waals surface area contributed by atoms with Gasteiger partial charge in [0.1, 0.15) is 0 Å². The van der Waals surface area contributed by atoms with E-state index < -0.39 is 0 Å². The number of carbonyl (C=O) groups is 1. The lowest BCUT2D eigenvalue weighted by Gasteiger charge is -2.13. The lowest BCUT2D eigenvalue weighted by atomic mass is 10.2. The first-order chi connectivity index (χ1) is 13.5. The van der Waals surface area contributed by atoms with Gasteiger partial charge in [-0.25, -0.2) is 0 Å². The molecule has 1 aromatic heterocycles. The van der Waals surface area contributed by atoms with Crippen LogP contribution in [0.25, 0.3) is 11.4 Å². The summed E-state index contributed by atoms with van der Waals surface area (Å²) in [6.45, 7) is 4.49. The predicted octanol–water partition coefficient (Wildman–Crippen LogP) is 4.61. The van der Waals surface area contributed by atoms with E-state index in [-0.39, 0.29) is 11.2 Å². The molecule has 0 aliphatic rings. The van der Waals surface area contributed by atoms with Crippen LogP contribution >= 0.6 is 23.4 Å². The topological polar surface area (TPSA) is 83.6 Å². The minimum absolute atomic E-state index is 0.148. The van der Waals surface area contributed by atoms with E-state index in [0.29, 0.717) is 33.8 Å². The average molecular weight is 412 g/mol. The lowest BCUT2D eigenvalue weighted by Crippen LogP contribution is -2.22. The van der Waals surface area contributed by atoms with Gasteiger partial charge in [-0.1, -0.05) is 35.5 Å². The summed E-state index contributed by atoms with van der Waals surface area (Å²) in [7, 11) is 0. The fraction of sp³-hybridized carbons (Fsp3) is 0.200. The first-order valence-corrected chi connectivity index (χ1v) is 9.94. The number of hydrogen-bond donors (Lipinski definition) is 1. The third-order valence-corrected chi connectivity index (χ3v) is 5.36. The zero-order valence-electron chi connectivity index (χ0n) is 15.4. The Hall–Kier alpha value is -2.82. The molecule has 28 heavy (non-hydrogen) atoms. The van der Waals surface area contributed by atoms with Crippen molar-refractivity contribution in [2.75, 3.05) is 5.32 Å². The SMILES string of the molecule is CCn1c(S[C@H](C)C(=O)Nc2ccc(C#N)cc2)nnc1-c1cccc(Cl)c1. The summed E-state index contributed by atoms with van der Waals surface area (Å²) in [5, 5.41) is 21.2. The molecule has 0 saturated heterocycles. The van der Waals surface area contributed by atoms with Crippen molar-refractivity contribution in [3.05, 3.63) is 59.1 Å². The van der Waals surface area contributed by atoms with Gasteiger partial charge < -0.3 is 9.88 Å². The lowest BCUT2D eigenvalue weighted by molar-refractivity contribution is -0.115. The maximum atomic E-state index is 12.5. The normalized spacial score (nSPS) is 11.6. The van der Waals surface area contributed by atoms with Crippen LogP contribution < -0.4 is 5.32 Å². The quantitative estimate of drug-likeness (QED) is 0.599. The number of anilines is 1. The molecule has 3 rings (SSSR count). The van der Waals surface area contributed by atoms with Gasteiger partial charge in [-0.15, -0.1) is 10.2 Å². The van der Waals surface area contributed by atoms with Crippen molar-refractivity contribution in [2.24, 2.45) is 0 Å². The van der Waals surface area contributed by atoms with Crippen molar-refractivity contribution in [1.29, 1.82) is 5.26 Å². The number of aromatic nitrogens is 3. The molecule has 0 bridgehead atoms. The molecule has 142 valence electrons. The number of nitrogens with zero attached hydrogens (tertiary/aromatic N) is 4. The number of amides is 1. The number of rotatable bonds is 6. The van der Waals surface area contributed by atoms with Crippen LogP contribution in [0.5, 0.6) is 0 Å². The molecule has 1 N–H and O–H groups in total. The Bertz CT molecular complexity index is 1030. The largest absolute Gasteiger partial charge is 0.325 e. The van der Waals surface area contributed by atoms with E-state index in [9.17, 15) is 4.79 Å². The second-order valence-corrected chi connectivity index (χ2v) is 7.74. The van der Waals surface area contributed by atoms with Crippen molar-refractivity contribution >= 4 is 35.0 Å². The number of nitriles is 1. The molecule has 1 atom stereocenters. The van der Waals surface area contributed by atoms with Gasteiger partial charge in [-0.3, -0.25) is 4.79 Å². The van der Waals surface area contributed by atoms with Crippen LogP contribution in [0.15, 0.2) is 53.7 Å². The number of hydrogen-bond acceptors (Lipinski definition) is 5. The minimum atomic E-state index is -0.377. The molecule has 0 fully saturated rings. The van der Waals surface area contributed by atoms with Gasteiger partial charge >= 0.3 is 0 Å². The number of benzene rings is 2. The fourth-order valence-electron chi connectivity index (χ4n) is 2.59. The molecule has 3 aromatic rings. The summed E-state index contributed by atoms with van der Waals surface area (Å²) in [6.07, 6.45) is 0. The van der Waals surface area contributed by atoms with Gasteiger partial charge in [0.25, 0.3) is 0 Å². The second kappa shape index (κ2) is 8.91. The molecule has 0 unspecified atom stereocenters. The Morgan fingerprint density at radius 3 is 2.68 bits per heavy atom. The predicted molar refractivity (Wildman–Crippen MR) is 111 cm³/mol. The fourth-order valence-corrected chi connectivity index (χ4v) is 3.69. The van der Waals surface area contributed by atoms with Gasteiger partial charge in [-0.2, -0.15) is 5.26 Å². The minimum Gasteiger partial charge on any atom is -0.325 e. The second-order valence-electron chi connectivity index (χ2n) is 6.00. The van der Waals surface area contributed by atoms with E-state index in [1.54, 1.807) is 24.3 Å². The van der Waals surface area contributed by atoms with Crippen molar-refractivity contribution in [3.63, 3.8) is 0 Å². The van der Waals surface area contributed by atoms with Crippen molar-refractivity contribution in [3.8, 4) is 17.5 Å². The molecule has 0 aliphatic carbocycles. The first-order valence-electron chi connectivity index (χ1n) is 8.68. The Morgan fingerprint density at radius 1 is 1.29 bits per heavy atom. The van der Waals surface area contributed by atoms with E-state index in [2.05, 4.69) is 21.6 Å². The Labute approximate surface area is 172 Å². The summed E-state index contributed by atoms with van der Waals surface area (Å²) in [6, 6.07) is 16.2. The highest BCUT2D eigenvalue weighted by Gasteiger charge is 2.20. The van der Waals surface area contributed by atoms with E-state index >= 15 is 0 Å². The summed E-state index contributed by atoms with van der Waals surface area (Å²) in [5.74, 6) is 0.567. The van der Waals surface area contributed by atoms with E-state index in [4.69, 9.17) is 16.9 Å². The maximum Gasteiger partial charge on any atom is 0.237 e. The Morgan fingerprint density at radius 2 is 2.04 bits per heavy atom. The number of halogens is 1. The molecule has 2 aromatic carbocycles. The smallest absolute Gasteiger partial charge is 0.237 e. The Kier molecular flexibility index (Phi) is 6.34. The van der Waals surface area contributed by atoms with Crippen LogP contribution in [0.2, 0.25) is 5.02 Å². The van der Waals surface area contributed by atoms with Crippen molar-refractivity contribution in [1.82, 2.24) is 14.8 Å². The van der Waals surface area contributed by atoms with Gasteiger partial charge in [0.05, 0.1) is 16.9 Å². The molecule has 0 saturated carbocycles. The molecular weight excluding hydrogens is 394 g/mol. The van der Waals surface area contributed by atoms with Gasteiger partial charge in [-0.05, 0) is 50.2 Å². The Balaban J connectivity index is 1.73. The van der Waals surface area contributed by atoms with Crippen LogP contribution in [0.3, 0.4) is 0 Å². The third-order valence-electron chi connectivity index (χ3n) is 4.05. The molecule has 8 heteroatoms. The van der Waals surface area contributed by atoms with E-state index in [1.807, 2.05) is 42.7 Å². The molecular formula is C20H18ClN5OS. The van der Waals surface area contributed by atoms with Gasteiger partial charge in [0.2, 0.25) is 5.91 Å². The van der Waals surface area contributed by atoms with Crippen molar-refractivity contribution in [2.45, 2.75) is 30.8 Å². The summed E-state index contributed by atoms with van der Waals surface area (Å²) in [4.78, 5) is 12.5. The van der Waals surface area contributed by atoms with E-state index in [1.165, 1.54) is 11.8 Å². The molecule has 0 aliphatic heterocycles. The molecule has 6 nitrogen and oxygen atoms in total. The number of thioether (sulfide) groups is 1. The zero-order chi connectivity index (χ0) is 20.1. The highest BCUT2D eigenvalue weighted by atomic mass is 35.5. The molecule has 0 radical (unpaired) electrons. The van der Waals surface area contributed by atoms with Crippen LogP contribution in [0.1, 0.15) is 19.4 Å². The van der Waals surface area contributed by atoms with Crippen LogP contribution in [-0.2, 0) is 11.3 Å². The first kappa shape index (κ1) is 19.9. The summed E-state index contributed by atoms with van der Waals surface area (Å²) < 4.78 is 1.96. The van der Waals surface area contributed by atoms with Crippen molar-refractivity contribution < 1.29 is 4.79 Å². The highest BCUT2D eigenvalue weighted by Crippen LogP contribution is 2.28. The maximum absolute atomic E-state index is 12.5. The monoisotopic (exact) mass is 411 g/mol. The summed E-state index contributed by atoms with van der Waals surface area (Å²) >= 11 is 7.43. The molecule has 1 heterocycles. The zero-order valence-corrected chi connectivity index (χ0v) is 17.0. The average Bonchev–Trinajstić information content (AvgIpc) is 3.11. The molecule has 0 spiro atoms. The van der Waals surface area contributed by atoms with E-state index in [0.717, 1.165) is 5.56 Å². The third kappa shape index (κ3) is 4.53. The van der Waals surface area contributed by atoms with Gasteiger partial charge in [0.15, 0.2) is 11.0 Å². The van der Waals surface area contributed by atoms with Crippen LogP contribution in [0, 0.1) is 11.3 Å². The number of nitrogens with one attached hydrogen (secondary N) is 1. The highest BCUT2D eigenvalue weighted by molar-refractivity contribution is 8.00. The summed E-state index contributed by atoms with van der Waals surface area (Å²) in [5.41, 5.74) is 2.07. The molecule has 1 amide bonds. The standard InChI is InChI=1S/C20H18ClN5OS/c1-3-26-18(15-5-4-6-16(21)11-15)24-25-20(26)28-13(2)19(27)23-17-9-7-14(12-22)8-10-17/h4-11,13H,3H2,1-2H3,(H,23,27)/t13-/m1/s1. The van der Waals surface area contributed by atoms with Gasteiger partial charge in [0, 0.05) is 22.8 Å². The number of carbonyl (C=O) groups excluding carboxylic acids is 1. The van der Waals surface area contributed by atoms with Crippen LogP contribution in [0.4, 0.5) is 5.69 Å². The van der Waals surface area contributed by atoms with Crippen LogP contribution in [-0.4, -0.2) is 25.9 Å².